The Morgan fingerprint density at radius 3 is 2.71 bits per heavy atom. The molecular weight excluding hydrogens is 287 g/mol. The van der Waals surface area contributed by atoms with E-state index in [-0.39, 0.29) is 5.82 Å². The van der Waals surface area contributed by atoms with E-state index < -0.39 is 0 Å². The van der Waals surface area contributed by atoms with E-state index in [1.165, 1.54) is 12.1 Å². The molecule has 0 fully saturated rings. The summed E-state index contributed by atoms with van der Waals surface area (Å²) >= 11 is 6.10. The van der Waals surface area contributed by atoms with E-state index in [1.54, 1.807) is 6.07 Å². The Morgan fingerprint density at radius 2 is 2.00 bits per heavy atom. The number of hydrogen-bond acceptors (Lipinski definition) is 2. The summed E-state index contributed by atoms with van der Waals surface area (Å²) in [5.41, 5.74) is 2.94. The van der Waals surface area contributed by atoms with Crippen molar-refractivity contribution in [3.05, 3.63) is 58.9 Å². The highest BCUT2D eigenvalue weighted by molar-refractivity contribution is 6.30. The molecule has 0 saturated carbocycles. The third-order valence-corrected chi connectivity index (χ3v) is 3.58. The van der Waals surface area contributed by atoms with Crippen LogP contribution < -0.4 is 10.2 Å². The Morgan fingerprint density at radius 1 is 1.19 bits per heavy atom. The van der Waals surface area contributed by atoms with Gasteiger partial charge < -0.3 is 10.2 Å². The minimum Gasteiger partial charge on any atom is -0.344 e. The molecule has 0 bridgehead atoms. The molecule has 0 aliphatic carbocycles. The van der Waals surface area contributed by atoms with E-state index >= 15 is 0 Å². The van der Waals surface area contributed by atoms with Gasteiger partial charge in [-0.15, -0.1) is 0 Å². The number of benzene rings is 2. The fourth-order valence-corrected chi connectivity index (χ4v) is 2.44. The van der Waals surface area contributed by atoms with Gasteiger partial charge in [-0.05, 0) is 54.9 Å². The van der Waals surface area contributed by atoms with E-state index in [2.05, 4.69) is 12.2 Å². The largest absolute Gasteiger partial charge is 0.344 e. The molecule has 1 N–H and O–H groups in total. The van der Waals surface area contributed by atoms with E-state index in [0.29, 0.717) is 5.02 Å². The smallest absolute Gasteiger partial charge is 0.125 e. The van der Waals surface area contributed by atoms with Crippen LogP contribution >= 0.6 is 11.6 Å². The Labute approximate surface area is 130 Å². The molecule has 0 atom stereocenters. The van der Waals surface area contributed by atoms with Crippen LogP contribution in [0.4, 0.5) is 15.8 Å². The van der Waals surface area contributed by atoms with Gasteiger partial charge in [0.05, 0.1) is 0 Å². The lowest BCUT2D eigenvalue weighted by Crippen LogP contribution is -2.18. The molecule has 2 rings (SSSR count). The number of nitrogens with zero attached hydrogens (tertiary/aromatic N) is 1. The van der Waals surface area contributed by atoms with E-state index in [9.17, 15) is 4.39 Å². The van der Waals surface area contributed by atoms with Gasteiger partial charge >= 0.3 is 0 Å². The Balaban J connectivity index is 2.29. The SMILES string of the molecule is CCCNCc1cc(Cl)ccc1N(C)c1cccc(F)c1. The second kappa shape index (κ2) is 7.43. The summed E-state index contributed by atoms with van der Waals surface area (Å²) in [5.74, 6) is -0.237. The van der Waals surface area contributed by atoms with Gasteiger partial charge in [-0.1, -0.05) is 24.6 Å². The van der Waals surface area contributed by atoms with Crippen LogP contribution in [0.25, 0.3) is 0 Å². The van der Waals surface area contributed by atoms with Crippen molar-refractivity contribution in [2.45, 2.75) is 19.9 Å². The summed E-state index contributed by atoms with van der Waals surface area (Å²) in [5, 5.41) is 4.09. The Hall–Kier alpha value is -1.58. The zero-order chi connectivity index (χ0) is 15.2. The number of hydrogen-bond donors (Lipinski definition) is 1. The van der Waals surface area contributed by atoms with Gasteiger partial charge in [0.25, 0.3) is 0 Å². The van der Waals surface area contributed by atoms with Gasteiger partial charge in [-0.2, -0.15) is 0 Å². The number of rotatable bonds is 6. The van der Waals surface area contributed by atoms with Crippen LogP contribution in [0.2, 0.25) is 5.02 Å². The van der Waals surface area contributed by atoms with Crippen molar-refractivity contribution >= 4 is 23.0 Å². The lowest BCUT2D eigenvalue weighted by molar-refractivity contribution is 0.628. The molecule has 0 aromatic heterocycles. The third-order valence-electron chi connectivity index (χ3n) is 3.34. The maximum absolute atomic E-state index is 13.4. The van der Waals surface area contributed by atoms with Gasteiger partial charge in [-0.25, -0.2) is 4.39 Å². The Kier molecular flexibility index (Phi) is 5.59. The van der Waals surface area contributed by atoms with Crippen molar-refractivity contribution in [3.63, 3.8) is 0 Å². The molecule has 0 amide bonds. The highest BCUT2D eigenvalue weighted by Crippen LogP contribution is 2.29. The lowest BCUT2D eigenvalue weighted by Gasteiger charge is -2.23. The maximum atomic E-state index is 13.4. The number of halogens is 2. The molecule has 0 unspecified atom stereocenters. The maximum Gasteiger partial charge on any atom is 0.125 e. The molecule has 0 radical (unpaired) electrons. The highest BCUT2D eigenvalue weighted by atomic mass is 35.5. The lowest BCUT2D eigenvalue weighted by atomic mass is 10.1. The highest BCUT2D eigenvalue weighted by Gasteiger charge is 2.10. The van der Waals surface area contributed by atoms with Crippen LogP contribution in [0.3, 0.4) is 0 Å². The molecule has 2 aromatic rings. The molecule has 0 aliphatic rings. The molecule has 0 aliphatic heterocycles. The van der Waals surface area contributed by atoms with Crippen LogP contribution in [-0.4, -0.2) is 13.6 Å². The second-order valence-electron chi connectivity index (χ2n) is 4.99. The van der Waals surface area contributed by atoms with Crippen molar-refractivity contribution in [1.29, 1.82) is 0 Å². The normalized spacial score (nSPS) is 10.7. The van der Waals surface area contributed by atoms with Crippen LogP contribution in [-0.2, 0) is 6.54 Å². The monoisotopic (exact) mass is 306 g/mol. The predicted octanol–water partition coefficient (Wildman–Crippen LogP) is 4.75. The van der Waals surface area contributed by atoms with Crippen LogP contribution in [0.15, 0.2) is 42.5 Å². The first-order valence-electron chi connectivity index (χ1n) is 7.10. The topological polar surface area (TPSA) is 15.3 Å². The fraction of sp³-hybridized carbons (Fsp3) is 0.294. The first kappa shape index (κ1) is 15.8. The van der Waals surface area contributed by atoms with E-state index in [1.807, 2.05) is 36.2 Å². The summed E-state index contributed by atoms with van der Waals surface area (Å²) < 4.78 is 13.4. The molecular formula is C17H20ClFN2. The molecule has 112 valence electrons. The van der Waals surface area contributed by atoms with Gasteiger partial charge in [0, 0.05) is 30.0 Å². The molecule has 21 heavy (non-hydrogen) atoms. The average Bonchev–Trinajstić information content (AvgIpc) is 2.47. The summed E-state index contributed by atoms with van der Waals surface area (Å²) in [4.78, 5) is 1.97. The molecule has 2 aromatic carbocycles. The summed E-state index contributed by atoms with van der Waals surface area (Å²) in [6.45, 7) is 3.82. The first-order chi connectivity index (χ1) is 10.1. The predicted molar refractivity (Wildman–Crippen MR) is 87.9 cm³/mol. The molecule has 0 heterocycles. The first-order valence-corrected chi connectivity index (χ1v) is 7.48. The average molecular weight is 307 g/mol. The summed E-state index contributed by atoms with van der Waals surface area (Å²) in [6, 6.07) is 12.4. The van der Waals surface area contributed by atoms with Gasteiger partial charge in [0.1, 0.15) is 5.82 Å². The number of anilines is 2. The van der Waals surface area contributed by atoms with Crippen molar-refractivity contribution in [3.8, 4) is 0 Å². The van der Waals surface area contributed by atoms with Gasteiger partial charge in [-0.3, -0.25) is 0 Å². The van der Waals surface area contributed by atoms with Gasteiger partial charge in [0.2, 0.25) is 0 Å². The van der Waals surface area contributed by atoms with Crippen molar-refractivity contribution in [2.24, 2.45) is 0 Å². The summed E-state index contributed by atoms with van der Waals surface area (Å²) in [7, 11) is 1.93. The van der Waals surface area contributed by atoms with Crippen LogP contribution in [0.5, 0.6) is 0 Å². The molecule has 2 nitrogen and oxygen atoms in total. The second-order valence-corrected chi connectivity index (χ2v) is 5.43. The molecule has 0 saturated heterocycles. The Bertz CT molecular complexity index is 601. The van der Waals surface area contributed by atoms with Crippen molar-refractivity contribution in [2.75, 3.05) is 18.5 Å². The minimum absolute atomic E-state index is 0.237. The standard InChI is InChI=1S/C17H20ClFN2/c1-3-9-20-12-13-10-14(18)7-8-17(13)21(2)16-6-4-5-15(19)11-16/h4-8,10-11,20H,3,9,12H2,1-2H3. The van der Waals surface area contributed by atoms with E-state index in [0.717, 1.165) is 36.4 Å². The quantitative estimate of drug-likeness (QED) is 0.775. The van der Waals surface area contributed by atoms with Crippen LogP contribution in [0.1, 0.15) is 18.9 Å². The van der Waals surface area contributed by atoms with Crippen molar-refractivity contribution in [1.82, 2.24) is 5.32 Å². The molecule has 0 spiro atoms. The van der Waals surface area contributed by atoms with E-state index in [4.69, 9.17) is 11.6 Å². The third kappa shape index (κ3) is 4.19. The molecule has 4 heteroatoms. The number of nitrogens with one attached hydrogen (secondary N) is 1. The fourth-order valence-electron chi connectivity index (χ4n) is 2.25. The van der Waals surface area contributed by atoms with Crippen LogP contribution in [0, 0.1) is 5.82 Å². The minimum atomic E-state index is -0.237. The zero-order valence-electron chi connectivity index (χ0n) is 12.4. The van der Waals surface area contributed by atoms with Crippen molar-refractivity contribution < 1.29 is 4.39 Å². The van der Waals surface area contributed by atoms with Gasteiger partial charge in [0.15, 0.2) is 0 Å². The summed E-state index contributed by atoms with van der Waals surface area (Å²) in [6.07, 6.45) is 1.08. The zero-order valence-corrected chi connectivity index (χ0v) is 13.1.